The van der Waals surface area contributed by atoms with Crippen LogP contribution in [0, 0.1) is 0 Å². The fraction of sp³-hybridized carbons (Fsp3) is 0.259. The average Bonchev–Trinajstić information content (AvgIpc) is 3.29. The fourth-order valence-corrected chi connectivity index (χ4v) is 4.65. The molecule has 1 N–H and O–H groups in total. The number of aromatic nitrogens is 2. The Balaban J connectivity index is 1.43. The maximum atomic E-state index is 13.3. The van der Waals surface area contributed by atoms with Gasteiger partial charge in [0.15, 0.2) is 11.5 Å². The molecule has 4 heterocycles. The topological polar surface area (TPSA) is 74.6 Å². The quantitative estimate of drug-likeness (QED) is 0.444. The lowest BCUT2D eigenvalue weighted by atomic mass is 10.0. The Morgan fingerprint density at radius 2 is 1.71 bits per heavy atom. The highest BCUT2D eigenvalue weighted by molar-refractivity contribution is 6.13. The minimum Gasteiger partial charge on any atom is -0.486 e. The van der Waals surface area contributed by atoms with Crippen LogP contribution in [0.2, 0.25) is 0 Å². The van der Waals surface area contributed by atoms with E-state index in [1.807, 2.05) is 24.4 Å². The van der Waals surface area contributed by atoms with E-state index in [1.54, 1.807) is 24.5 Å². The Morgan fingerprint density at radius 1 is 0.912 bits per heavy atom. The van der Waals surface area contributed by atoms with Crippen LogP contribution in [0.4, 0.5) is 5.69 Å². The van der Waals surface area contributed by atoms with Gasteiger partial charge in [-0.2, -0.15) is 0 Å². The largest absolute Gasteiger partial charge is 0.486 e. The van der Waals surface area contributed by atoms with Gasteiger partial charge in [0.05, 0.1) is 11.1 Å². The molecule has 1 unspecified atom stereocenters. The minimum absolute atomic E-state index is 0.0705. The van der Waals surface area contributed by atoms with Gasteiger partial charge in [-0.3, -0.25) is 9.78 Å². The monoisotopic (exact) mass is 455 g/mol. The molecule has 0 radical (unpaired) electrons. The molecule has 2 aromatic heterocycles. The summed E-state index contributed by atoms with van der Waals surface area (Å²) in [6.07, 6.45) is 8.28. The van der Waals surface area contributed by atoms with Crippen LogP contribution in [0.5, 0.6) is 11.5 Å². The van der Waals surface area contributed by atoms with Crippen molar-refractivity contribution in [2.45, 2.75) is 25.5 Å². The number of nitrogens with zero attached hydrogens (tertiary/aromatic N) is 2. The third-order valence-corrected chi connectivity index (χ3v) is 6.36. The number of benzene rings is 2. The molecule has 7 heteroatoms. The molecule has 4 aromatic rings. The Hall–Kier alpha value is -3.84. The van der Waals surface area contributed by atoms with Crippen molar-refractivity contribution in [3.63, 3.8) is 0 Å². The van der Waals surface area contributed by atoms with Gasteiger partial charge >= 0.3 is 0 Å². The number of nitrogens with one attached hydrogen (secondary N) is 1. The molecular formula is C27H25N3O4. The Kier molecular flexibility index (Phi) is 5.39. The summed E-state index contributed by atoms with van der Waals surface area (Å²) in [7, 11) is 0. The first-order valence-electron chi connectivity index (χ1n) is 11.6. The number of ether oxygens (including phenoxy) is 3. The molecule has 0 spiro atoms. The van der Waals surface area contributed by atoms with Crippen LogP contribution in [0.25, 0.3) is 22.0 Å². The van der Waals surface area contributed by atoms with Gasteiger partial charge in [0.2, 0.25) is 0 Å². The summed E-state index contributed by atoms with van der Waals surface area (Å²) < 4.78 is 19.6. The lowest BCUT2D eigenvalue weighted by Crippen LogP contribution is -2.17. The van der Waals surface area contributed by atoms with E-state index in [0.29, 0.717) is 24.5 Å². The van der Waals surface area contributed by atoms with Crippen LogP contribution in [0.1, 0.15) is 35.8 Å². The van der Waals surface area contributed by atoms with Crippen molar-refractivity contribution >= 4 is 22.5 Å². The highest BCUT2D eigenvalue weighted by atomic mass is 16.6. The van der Waals surface area contributed by atoms with Crippen molar-refractivity contribution in [3.8, 4) is 22.6 Å². The first-order valence-corrected chi connectivity index (χ1v) is 11.6. The Morgan fingerprint density at radius 3 is 2.53 bits per heavy atom. The summed E-state index contributed by atoms with van der Waals surface area (Å²) in [5.41, 5.74) is 4.31. The van der Waals surface area contributed by atoms with E-state index >= 15 is 0 Å². The molecule has 1 amide bonds. The molecule has 1 saturated heterocycles. The van der Waals surface area contributed by atoms with Gasteiger partial charge in [-0.25, -0.2) is 0 Å². The number of hydrogen-bond acceptors (Lipinski definition) is 5. The molecule has 6 rings (SSSR count). The number of fused-ring (bicyclic) bond motifs is 2. The average molecular weight is 456 g/mol. The number of carbonyl (C=O) groups is 1. The molecule has 0 saturated carbocycles. The van der Waals surface area contributed by atoms with E-state index < -0.39 is 0 Å². The third kappa shape index (κ3) is 3.88. The van der Waals surface area contributed by atoms with E-state index in [4.69, 9.17) is 14.2 Å². The zero-order valence-electron chi connectivity index (χ0n) is 18.7. The first kappa shape index (κ1) is 20.7. The predicted molar refractivity (Wildman–Crippen MR) is 129 cm³/mol. The van der Waals surface area contributed by atoms with Gasteiger partial charge < -0.3 is 24.1 Å². The van der Waals surface area contributed by atoms with E-state index in [-0.39, 0.29) is 12.1 Å². The highest BCUT2D eigenvalue weighted by Crippen LogP contribution is 2.37. The molecule has 2 aromatic carbocycles. The zero-order valence-corrected chi connectivity index (χ0v) is 18.7. The smallest absolute Gasteiger partial charge is 0.257 e. The van der Waals surface area contributed by atoms with Crippen molar-refractivity contribution in [1.82, 2.24) is 9.55 Å². The van der Waals surface area contributed by atoms with Crippen LogP contribution in [-0.4, -0.2) is 35.3 Å². The molecule has 2 aliphatic heterocycles. The molecular weight excluding hydrogens is 430 g/mol. The fourth-order valence-electron chi connectivity index (χ4n) is 4.65. The second-order valence-electron chi connectivity index (χ2n) is 8.55. The first-order chi connectivity index (χ1) is 16.8. The number of amides is 1. The summed E-state index contributed by atoms with van der Waals surface area (Å²) in [6, 6.07) is 15.7. The predicted octanol–water partition coefficient (Wildman–Crippen LogP) is 5.43. The molecule has 172 valence electrons. The summed E-state index contributed by atoms with van der Waals surface area (Å²) in [6.45, 7) is 1.84. The number of rotatable bonds is 4. The normalized spacial score (nSPS) is 17.5. The van der Waals surface area contributed by atoms with E-state index in [2.05, 4.69) is 33.1 Å². The van der Waals surface area contributed by atoms with Crippen molar-refractivity contribution < 1.29 is 19.0 Å². The van der Waals surface area contributed by atoms with Crippen LogP contribution in [0.3, 0.4) is 0 Å². The SMILES string of the molecule is O=C(Nc1ccncc1)c1cn(C2CCCCO2)c2ccc(-c3ccc4c(c3)OCCO4)cc12. The summed E-state index contributed by atoms with van der Waals surface area (Å²) in [4.78, 5) is 17.4. The standard InChI is InChI=1S/C27H25N3O4/c31-27(29-20-8-10-28-11-9-20)22-17-30(26-3-1-2-12-34-26)23-6-4-18(15-21(22)23)19-5-7-24-25(16-19)33-14-13-32-24/h4-11,15-17,26H,1-3,12-14H2,(H,28,29,31). The van der Waals surface area contributed by atoms with E-state index in [9.17, 15) is 4.79 Å². The second-order valence-corrected chi connectivity index (χ2v) is 8.55. The maximum absolute atomic E-state index is 13.3. The third-order valence-electron chi connectivity index (χ3n) is 6.36. The van der Waals surface area contributed by atoms with Crippen LogP contribution < -0.4 is 14.8 Å². The molecule has 1 fully saturated rings. The van der Waals surface area contributed by atoms with Crippen LogP contribution in [0.15, 0.2) is 67.1 Å². The molecule has 0 bridgehead atoms. The Labute approximate surface area is 197 Å². The van der Waals surface area contributed by atoms with Crippen molar-refractivity contribution in [2.75, 3.05) is 25.1 Å². The Bertz CT molecular complexity index is 1340. The van der Waals surface area contributed by atoms with Crippen LogP contribution >= 0.6 is 0 Å². The lowest BCUT2D eigenvalue weighted by molar-refractivity contribution is -0.0292. The summed E-state index contributed by atoms with van der Waals surface area (Å²) in [5, 5.41) is 3.88. The van der Waals surface area contributed by atoms with Gasteiger partial charge in [0.25, 0.3) is 5.91 Å². The zero-order chi connectivity index (χ0) is 22.9. The lowest BCUT2D eigenvalue weighted by Gasteiger charge is -2.24. The second kappa shape index (κ2) is 8.83. The van der Waals surface area contributed by atoms with Crippen molar-refractivity contribution in [2.24, 2.45) is 0 Å². The van der Waals surface area contributed by atoms with Crippen molar-refractivity contribution in [3.05, 3.63) is 72.7 Å². The number of carbonyl (C=O) groups excluding carboxylic acids is 1. The minimum atomic E-state index is -0.162. The van der Waals surface area contributed by atoms with Crippen molar-refractivity contribution in [1.29, 1.82) is 0 Å². The number of anilines is 1. The summed E-state index contributed by atoms with van der Waals surface area (Å²) in [5.74, 6) is 1.34. The number of hydrogen-bond donors (Lipinski definition) is 1. The van der Waals surface area contributed by atoms with Crippen LogP contribution in [-0.2, 0) is 4.74 Å². The van der Waals surface area contributed by atoms with Gasteiger partial charge in [0, 0.05) is 36.3 Å². The molecule has 2 aliphatic rings. The molecule has 7 nitrogen and oxygen atoms in total. The summed E-state index contributed by atoms with van der Waals surface area (Å²) >= 11 is 0. The molecule has 1 atom stereocenters. The maximum Gasteiger partial charge on any atom is 0.257 e. The highest BCUT2D eigenvalue weighted by Gasteiger charge is 2.23. The van der Waals surface area contributed by atoms with Gasteiger partial charge in [-0.05, 0) is 66.8 Å². The van der Waals surface area contributed by atoms with E-state index in [0.717, 1.165) is 59.4 Å². The van der Waals surface area contributed by atoms with Gasteiger partial charge in [-0.15, -0.1) is 0 Å². The van der Waals surface area contributed by atoms with E-state index in [1.165, 1.54) is 0 Å². The van der Waals surface area contributed by atoms with Gasteiger partial charge in [-0.1, -0.05) is 12.1 Å². The molecule has 0 aliphatic carbocycles. The van der Waals surface area contributed by atoms with Gasteiger partial charge in [0.1, 0.15) is 19.4 Å². The molecule has 34 heavy (non-hydrogen) atoms. The number of pyridine rings is 1.